The van der Waals surface area contributed by atoms with Gasteiger partial charge < -0.3 is 14.8 Å². The van der Waals surface area contributed by atoms with Gasteiger partial charge in [-0.25, -0.2) is 4.79 Å². The lowest BCUT2D eigenvalue weighted by molar-refractivity contribution is -0.141. The summed E-state index contributed by atoms with van der Waals surface area (Å²) in [6, 6.07) is 4.05. The van der Waals surface area contributed by atoms with Gasteiger partial charge in [0.2, 0.25) is 0 Å². The fourth-order valence-electron chi connectivity index (χ4n) is 3.57. The van der Waals surface area contributed by atoms with E-state index < -0.39 is 30.4 Å². The van der Waals surface area contributed by atoms with E-state index in [1.54, 1.807) is 0 Å². The summed E-state index contributed by atoms with van der Waals surface area (Å²) in [5.41, 5.74) is 0.509. The predicted octanol–water partition coefficient (Wildman–Crippen LogP) is 1.06. The number of ether oxygens (including phenoxy) is 2. The Kier molecular flexibility index (Phi) is 6.26. The van der Waals surface area contributed by atoms with Gasteiger partial charge in [-0.15, -0.1) is 0 Å². The number of hydrogen-bond donors (Lipinski definition) is 1. The van der Waals surface area contributed by atoms with Crippen LogP contribution in [0, 0.1) is 0 Å². The van der Waals surface area contributed by atoms with Gasteiger partial charge in [-0.3, -0.25) is 24.1 Å². The molecular formula is C20H22N2O7. The smallest absolute Gasteiger partial charge is 0.338 e. The highest BCUT2D eigenvalue weighted by Crippen LogP contribution is 2.31. The van der Waals surface area contributed by atoms with Crippen molar-refractivity contribution in [3.63, 3.8) is 0 Å². The third kappa shape index (κ3) is 4.44. The molecule has 1 saturated carbocycles. The molecule has 0 unspecified atom stereocenters. The molecule has 0 spiro atoms. The van der Waals surface area contributed by atoms with Crippen LogP contribution in [0.25, 0.3) is 0 Å². The molecule has 0 bridgehead atoms. The van der Waals surface area contributed by atoms with Crippen LogP contribution in [0.4, 0.5) is 0 Å². The first kappa shape index (κ1) is 20.5. The molecule has 29 heavy (non-hydrogen) atoms. The standard InChI is InChI=1S/C20H22N2O7/c1-28-17(24)10-21-16(23)11-29-20(27)12-7-8-14-15(9-12)19(26)22(18(14)25)13-5-3-2-4-6-13/h7-9,13H,2-6,10-11H2,1H3,(H,21,23). The van der Waals surface area contributed by atoms with E-state index in [-0.39, 0.29) is 35.2 Å². The first-order valence-corrected chi connectivity index (χ1v) is 9.45. The largest absolute Gasteiger partial charge is 0.468 e. The zero-order valence-corrected chi connectivity index (χ0v) is 16.1. The van der Waals surface area contributed by atoms with Crippen LogP contribution in [-0.2, 0) is 19.1 Å². The molecule has 1 aliphatic carbocycles. The van der Waals surface area contributed by atoms with Crippen LogP contribution >= 0.6 is 0 Å². The minimum absolute atomic E-state index is 0.0659. The molecule has 3 rings (SSSR count). The summed E-state index contributed by atoms with van der Waals surface area (Å²) in [7, 11) is 1.18. The Morgan fingerprint density at radius 3 is 2.45 bits per heavy atom. The maximum atomic E-state index is 12.8. The second-order valence-electron chi connectivity index (χ2n) is 6.96. The van der Waals surface area contributed by atoms with Crippen LogP contribution in [0.2, 0.25) is 0 Å². The fraction of sp³-hybridized carbons (Fsp3) is 0.450. The zero-order valence-electron chi connectivity index (χ0n) is 16.1. The second kappa shape index (κ2) is 8.85. The van der Waals surface area contributed by atoms with Crippen LogP contribution < -0.4 is 5.32 Å². The Morgan fingerprint density at radius 1 is 1.07 bits per heavy atom. The van der Waals surface area contributed by atoms with E-state index in [4.69, 9.17) is 4.74 Å². The number of nitrogens with one attached hydrogen (secondary N) is 1. The fourth-order valence-corrected chi connectivity index (χ4v) is 3.57. The molecule has 1 N–H and O–H groups in total. The maximum Gasteiger partial charge on any atom is 0.338 e. The van der Waals surface area contributed by atoms with Crippen LogP contribution in [0.1, 0.15) is 63.2 Å². The Bertz CT molecular complexity index is 858. The Morgan fingerprint density at radius 2 is 1.76 bits per heavy atom. The minimum Gasteiger partial charge on any atom is -0.468 e. The van der Waals surface area contributed by atoms with Gasteiger partial charge in [-0.1, -0.05) is 19.3 Å². The Hall–Kier alpha value is -3.23. The van der Waals surface area contributed by atoms with Crippen molar-refractivity contribution in [2.24, 2.45) is 0 Å². The molecule has 0 radical (unpaired) electrons. The molecule has 0 saturated heterocycles. The minimum atomic E-state index is -0.808. The van der Waals surface area contributed by atoms with E-state index in [2.05, 4.69) is 10.1 Å². The molecule has 2 aliphatic rings. The monoisotopic (exact) mass is 402 g/mol. The van der Waals surface area contributed by atoms with E-state index in [1.807, 2.05) is 0 Å². The number of benzene rings is 1. The molecule has 1 aromatic rings. The molecule has 9 nitrogen and oxygen atoms in total. The van der Waals surface area contributed by atoms with Crippen molar-refractivity contribution in [1.29, 1.82) is 0 Å². The molecular weight excluding hydrogens is 380 g/mol. The molecule has 1 fully saturated rings. The normalized spacial score (nSPS) is 16.4. The highest BCUT2D eigenvalue weighted by Gasteiger charge is 2.40. The topological polar surface area (TPSA) is 119 Å². The molecule has 154 valence electrons. The van der Waals surface area contributed by atoms with Crippen molar-refractivity contribution >= 4 is 29.7 Å². The summed E-state index contributed by atoms with van der Waals surface area (Å²) in [5.74, 6) is -2.84. The van der Waals surface area contributed by atoms with Crippen molar-refractivity contribution in [3.05, 3.63) is 34.9 Å². The zero-order chi connectivity index (χ0) is 21.0. The van der Waals surface area contributed by atoms with E-state index in [0.717, 1.165) is 32.1 Å². The lowest BCUT2D eigenvalue weighted by Gasteiger charge is -2.29. The van der Waals surface area contributed by atoms with Gasteiger partial charge in [0.25, 0.3) is 17.7 Å². The number of imide groups is 1. The number of hydrogen-bond acceptors (Lipinski definition) is 7. The molecule has 3 amide bonds. The van der Waals surface area contributed by atoms with Crippen LogP contribution in [0.15, 0.2) is 18.2 Å². The third-order valence-corrected chi connectivity index (χ3v) is 5.09. The predicted molar refractivity (Wildman–Crippen MR) is 99.1 cm³/mol. The first-order valence-electron chi connectivity index (χ1n) is 9.45. The van der Waals surface area contributed by atoms with E-state index in [1.165, 1.54) is 30.2 Å². The molecule has 1 aliphatic heterocycles. The molecule has 1 aromatic carbocycles. The van der Waals surface area contributed by atoms with Crippen molar-refractivity contribution in [2.45, 2.75) is 38.1 Å². The van der Waals surface area contributed by atoms with E-state index in [0.29, 0.717) is 0 Å². The van der Waals surface area contributed by atoms with Crippen molar-refractivity contribution < 1.29 is 33.4 Å². The van der Waals surface area contributed by atoms with Crippen LogP contribution in [-0.4, -0.2) is 60.9 Å². The number of nitrogens with zero attached hydrogens (tertiary/aromatic N) is 1. The highest BCUT2D eigenvalue weighted by atomic mass is 16.5. The Labute approximate surface area is 167 Å². The van der Waals surface area contributed by atoms with Crippen LogP contribution in [0.3, 0.4) is 0 Å². The number of rotatable bonds is 6. The summed E-state index contributed by atoms with van der Waals surface area (Å²) in [5, 5.41) is 2.24. The van der Waals surface area contributed by atoms with Gasteiger partial charge in [0.1, 0.15) is 6.54 Å². The number of amides is 3. The van der Waals surface area contributed by atoms with Gasteiger partial charge in [-0.2, -0.15) is 0 Å². The number of carbonyl (C=O) groups is 5. The van der Waals surface area contributed by atoms with Gasteiger partial charge in [0.05, 0.1) is 23.8 Å². The molecule has 0 aromatic heterocycles. The quantitative estimate of drug-likeness (QED) is 0.558. The SMILES string of the molecule is COC(=O)CNC(=O)COC(=O)c1ccc2c(c1)C(=O)N(C1CCCCC1)C2=O. The van der Waals surface area contributed by atoms with Gasteiger partial charge in [0.15, 0.2) is 6.61 Å². The van der Waals surface area contributed by atoms with Gasteiger partial charge in [0, 0.05) is 6.04 Å². The summed E-state index contributed by atoms with van der Waals surface area (Å²) < 4.78 is 9.29. The summed E-state index contributed by atoms with van der Waals surface area (Å²) >= 11 is 0. The Balaban J connectivity index is 1.64. The third-order valence-electron chi connectivity index (χ3n) is 5.09. The van der Waals surface area contributed by atoms with E-state index >= 15 is 0 Å². The maximum absolute atomic E-state index is 12.8. The number of carbonyl (C=O) groups excluding carboxylic acids is 5. The van der Waals surface area contributed by atoms with Gasteiger partial charge >= 0.3 is 11.9 Å². The van der Waals surface area contributed by atoms with Crippen molar-refractivity contribution in [3.8, 4) is 0 Å². The van der Waals surface area contributed by atoms with Crippen molar-refractivity contribution in [1.82, 2.24) is 10.2 Å². The average molecular weight is 402 g/mol. The first-order chi connectivity index (χ1) is 13.9. The van der Waals surface area contributed by atoms with E-state index in [9.17, 15) is 24.0 Å². The van der Waals surface area contributed by atoms with Gasteiger partial charge in [-0.05, 0) is 31.0 Å². The summed E-state index contributed by atoms with van der Waals surface area (Å²) in [6.07, 6.45) is 4.65. The summed E-state index contributed by atoms with van der Waals surface area (Å²) in [6.45, 7) is -0.923. The molecule has 9 heteroatoms. The van der Waals surface area contributed by atoms with Crippen LogP contribution in [0.5, 0.6) is 0 Å². The molecule has 1 heterocycles. The van der Waals surface area contributed by atoms with Crippen molar-refractivity contribution in [2.75, 3.05) is 20.3 Å². The second-order valence-corrected chi connectivity index (χ2v) is 6.96. The lowest BCUT2D eigenvalue weighted by atomic mass is 9.94. The summed E-state index contributed by atoms with van der Waals surface area (Å²) in [4.78, 5) is 61.5. The lowest BCUT2D eigenvalue weighted by Crippen LogP contribution is -2.40. The number of methoxy groups -OCH3 is 1. The average Bonchev–Trinajstić information content (AvgIpc) is 3.00. The highest BCUT2D eigenvalue weighted by molar-refractivity contribution is 6.22. The number of fused-ring (bicyclic) bond motifs is 1. The number of esters is 2. The molecule has 0 atom stereocenters.